The van der Waals surface area contributed by atoms with E-state index < -0.39 is 47.5 Å². The van der Waals surface area contributed by atoms with Gasteiger partial charge in [0.05, 0.1) is 25.1 Å². The Morgan fingerprint density at radius 1 is 1.05 bits per heavy atom. The number of para-hydroxylation sites is 1. The van der Waals surface area contributed by atoms with Crippen molar-refractivity contribution in [3.8, 4) is 11.5 Å². The number of alkyl halides is 3. The Balaban J connectivity index is 1.78. The highest BCUT2D eigenvalue weighted by Gasteiger charge is 2.41. The molecule has 2 aromatic rings. The molecule has 2 amide bonds. The van der Waals surface area contributed by atoms with Crippen LogP contribution in [0.5, 0.6) is 11.5 Å². The zero-order valence-corrected chi connectivity index (χ0v) is 23.9. The fourth-order valence-corrected chi connectivity index (χ4v) is 5.33. The van der Waals surface area contributed by atoms with Crippen molar-refractivity contribution in [3.05, 3.63) is 53.6 Å². The number of aliphatic carboxylic acids is 1. The molecule has 0 unspecified atom stereocenters. The minimum Gasteiger partial charge on any atom is -0.496 e. The number of hydrogen-bond acceptors (Lipinski definition) is 6. The molecule has 0 aliphatic carbocycles. The molecule has 42 heavy (non-hydrogen) atoms. The van der Waals surface area contributed by atoms with Crippen LogP contribution in [-0.4, -0.2) is 67.0 Å². The number of nitrogens with zero attached hydrogens (tertiary/aromatic N) is 2. The Bertz CT molecular complexity index is 1320. The summed E-state index contributed by atoms with van der Waals surface area (Å²) in [7, 11) is 1.44. The lowest BCUT2D eigenvalue weighted by Crippen LogP contribution is -2.47. The maximum atomic E-state index is 14.1. The van der Waals surface area contributed by atoms with Crippen LogP contribution in [0.2, 0.25) is 0 Å². The fourth-order valence-electron chi connectivity index (χ4n) is 5.33. The first-order chi connectivity index (χ1) is 19.7. The lowest BCUT2D eigenvalue weighted by atomic mass is 9.94. The molecular formula is C30H35F3N2O7. The minimum atomic E-state index is -4.94. The second kappa shape index (κ2) is 12.2. The molecule has 2 aliphatic rings. The number of likely N-dealkylation sites (tertiary alicyclic amines) is 1. The maximum Gasteiger partial charge on any atom is 0.573 e. The van der Waals surface area contributed by atoms with Crippen LogP contribution in [0.3, 0.4) is 0 Å². The summed E-state index contributed by atoms with van der Waals surface area (Å²) in [6.07, 6.45) is -7.04. The largest absolute Gasteiger partial charge is 0.573 e. The number of hydrogen-bond donors (Lipinski definition) is 1. The van der Waals surface area contributed by atoms with Crippen molar-refractivity contribution in [2.24, 2.45) is 11.3 Å². The summed E-state index contributed by atoms with van der Waals surface area (Å²) in [6.45, 7) is 6.40. The van der Waals surface area contributed by atoms with E-state index >= 15 is 0 Å². The van der Waals surface area contributed by atoms with Crippen LogP contribution in [0.15, 0.2) is 42.5 Å². The van der Waals surface area contributed by atoms with Gasteiger partial charge >= 0.3 is 12.3 Å². The third-order valence-electron chi connectivity index (χ3n) is 7.26. The van der Waals surface area contributed by atoms with Gasteiger partial charge in [0.25, 0.3) is 5.91 Å². The fraction of sp³-hybridized carbons (Fsp3) is 0.500. The SMILES string of the molecule is COc1ccccc1[C@@H]1O[C@@H](CC(=O)N2CCC(C(=O)O)CC2)C(=O)N(CC(C)(C)C)c2ccc(OC(F)(F)F)cc21. The number of carboxylic acid groups (broad SMARTS) is 1. The van der Waals surface area contributed by atoms with Crippen LogP contribution in [0, 0.1) is 11.3 Å². The number of rotatable bonds is 7. The Morgan fingerprint density at radius 3 is 2.31 bits per heavy atom. The number of carbonyl (C=O) groups excluding carboxylic acids is 2. The predicted molar refractivity (Wildman–Crippen MR) is 146 cm³/mol. The van der Waals surface area contributed by atoms with Crippen molar-refractivity contribution in [2.75, 3.05) is 31.6 Å². The number of benzene rings is 2. The minimum absolute atomic E-state index is 0.189. The molecule has 12 heteroatoms. The second-order valence-electron chi connectivity index (χ2n) is 11.7. The van der Waals surface area contributed by atoms with Gasteiger partial charge in [-0.05, 0) is 42.5 Å². The van der Waals surface area contributed by atoms with Crippen molar-refractivity contribution in [1.82, 2.24) is 4.90 Å². The highest BCUT2D eigenvalue weighted by atomic mass is 19.4. The molecule has 4 rings (SSSR count). The molecule has 0 bridgehead atoms. The summed E-state index contributed by atoms with van der Waals surface area (Å²) in [5.74, 6) is -2.43. The zero-order chi connectivity index (χ0) is 30.8. The van der Waals surface area contributed by atoms with Gasteiger partial charge in [-0.3, -0.25) is 14.4 Å². The summed E-state index contributed by atoms with van der Waals surface area (Å²) in [4.78, 5) is 41.8. The van der Waals surface area contributed by atoms with Crippen LogP contribution in [0.4, 0.5) is 18.9 Å². The van der Waals surface area contributed by atoms with E-state index in [4.69, 9.17) is 9.47 Å². The molecule has 2 heterocycles. The first-order valence-electron chi connectivity index (χ1n) is 13.7. The Labute approximate surface area is 242 Å². The first-order valence-corrected chi connectivity index (χ1v) is 13.7. The molecule has 1 fully saturated rings. The van der Waals surface area contributed by atoms with Crippen molar-refractivity contribution in [2.45, 2.75) is 58.6 Å². The molecule has 0 spiro atoms. The standard InChI is InChI=1S/C30H35F3N2O7/c1-29(2,3)17-35-22-10-9-19(42-30(31,32)33)15-21(22)26(20-7-5-6-8-23(20)40-4)41-24(27(35)37)16-25(36)34-13-11-18(12-14-34)28(38)39/h5-10,15,18,24,26H,11-14,16-17H2,1-4H3,(H,38,39)/t24-,26-/m0/s1. The lowest BCUT2D eigenvalue weighted by molar-refractivity contribution is -0.274. The van der Waals surface area contributed by atoms with Gasteiger partial charge in [-0.1, -0.05) is 39.0 Å². The summed E-state index contributed by atoms with van der Waals surface area (Å²) < 4.78 is 55.7. The molecular weight excluding hydrogens is 557 g/mol. The molecule has 2 aromatic carbocycles. The van der Waals surface area contributed by atoms with E-state index in [1.807, 2.05) is 20.8 Å². The van der Waals surface area contributed by atoms with Gasteiger partial charge in [-0.2, -0.15) is 0 Å². The molecule has 2 atom stereocenters. The number of piperidine rings is 1. The summed E-state index contributed by atoms with van der Waals surface area (Å²) >= 11 is 0. The topological polar surface area (TPSA) is 106 Å². The number of methoxy groups -OCH3 is 1. The van der Waals surface area contributed by atoms with E-state index in [1.165, 1.54) is 29.0 Å². The van der Waals surface area contributed by atoms with E-state index in [9.17, 15) is 32.7 Å². The third-order valence-corrected chi connectivity index (χ3v) is 7.26. The predicted octanol–water partition coefficient (Wildman–Crippen LogP) is 5.17. The normalized spacial score (nSPS) is 20.1. The van der Waals surface area contributed by atoms with Crippen molar-refractivity contribution in [1.29, 1.82) is 0 Å². The number of fused-ring (bicyclic) bond motifs is 1. The second-order valence-corrected chi connectivity index (χ2v) is 11.7. The first kappa shape index (κ1) is 31.1. The van der Waals surface area contributed by atoms with E-state index in [1.54, 1.807) is 24.3 Å². The van der Waals surface area contributed by atoms with Gasteiger partial charge in [0.1, 0.15) is 23.7 Å². The molecule has 1 saturated heterocycles. The summed E-state index contributed by atoms with van der Waals surface area (Å²) in [6, 6.07) is 10.5. The average molecular weight is 593 g/mol. The molecule has 0 radical (unpaired) electrons. The molecule has 0 aromatic heterocycles. The number of carboxylic acids is 1. The van der Waals surface area contributed by atoms with Gasteiger partial charge in [-0.15, -0.1) is 13.2 Å². The number of ether oxygens (including phenoxy) is 3. The molecule has 228 valence electrons. The van der Waals surface area contributed by atoms with E-state index in [-0.39, 0.29) is 37.5 Å². The highest BCUT2D eigenvalue weighted by molar-refractivity contribution is 6.00. The quantitative estimate of drug-likeness (QED) is 0.473. The van der Waals surface area contributed by atoms with Gasteiger partial charge in [-0.25, -0.2) is 0 Å². The van der Waals surface area contributed by atoms with Crippen molar-refractivity contribution < 1.29 is 46.9 Å². The summed E-state index contributed by atoms with van der Waals surface area (Å²) in [5.41, 5.74) is 0.607. The number of anilines is 1. The molecule has 2 aliphatic heterocycles. The monoisotopic (exact) mass is 592 g/mol. The Kier molecular flexibility index (Phi) is 9.05. The summed E-state index contributed by atoms with van der Waals surface area (Å²) in [5, 5.41) is 9.30. The van der Waals surface area contributed by atoms with Crippen LogP contribution in [0.1, 0.15) is 57.3 Å². The van der Waals surface area contributed by atoms with Gasteiger partial charge in [0.2, 0.25) is 5.91 Å². The van der Waals surface area contributed by atoms with Gasteiger partial charge < -0.3 is 29.1 Å². The zero-order valence-electron chi connectivity index (χ0n) is 23.9. The number of halogens is 3. The van der Waals surface area contributed by atoms with Crippen LogP contribution in [-0.2, 0) is 19.1 Å². The smallest absolute Gasteiger partial charge is 0.496 e. The lowest BCUT2D eigenvalue weighted by Gasteiger charge is -2.33. The maximum absolute atomic E-state index is 14.1. The Hall–Kier alpha value is -3.80. The van der Waals surface area contributed by atoms with Crippen LogP contribution >= 0.6 is 0 Å². The van der Waals surface area contributed by atoms with E-state index in [0.717, 1.165) is 6.07 Å². The van der Waals surface area contributed by atoms with Crippen molar-refractivity contribution in [3.63, 3.8) is 0 Å². The van der Waals surface area contributed by atoms with E-state index in [0.29, 0.717) is 29.8 Å². The van der Waals surface area contributed by atoms with Gasteiger partial charge in [0.15, 0.2) is 0 Å². The van der Waals surface area contributed by atoms with Gasteiger partial charge in [0, 0.05) is 30.8 Å². The third kappa shape index (κ3) is 7.33. The average Bonchev–Trinajstić information content (AvgIpc) is 3.01. The van der Waals surface area contributed by atoms with Crippen LogP contribution < -0.4 is 14.4 Å². The Morgan fingerprint density at radius 2 is 1.71 bits per heavy atom. The van der Waals surface area contributed by atoms with Crippen molar-refractivity contribution >= 4 is 23.5 Å². The molecule has 0 saturated carbocycles. The highest BCUT2D eigenvalue weighted by Crippen LogP contribution is 2.44. The molecule has 1 N–H and O–H groups in total. The number of carbonyl (C=O) groups is 3. The van der Waals surface area contributed by atoms with E-state index in [2.05, 4.69) is 4.74 Å². The molecule has 9 nitrogen and oxygen atoms in total. The number of amides is 2. The van der Waals surface area contributed by atoms with Crippen LogP contribution in [0.25, 0.3) is 0 Å².